The lowest BCUT2D eigenvalue weighted by molar-refractivity contribution is 0.535. The Bertz CT molecular complexity index is 569. The smallest absolute Gasteiger partial charge is 0.0675 e. The number of benzene rings is 1. The van der Waals surface area contributed by atoms with Gasteiger partial charge in [0.25, 0.3) is 0 Å². The van der Waals surface area contributed by atoms with Gasteiger partial charge in [0.05, 0.1) is 11.7 Å². The molecule has 0 aliphatic carbocycles. The fraction of sp³-hybridized carbons (Fsp3) is 0.267. The molecule has 1 aromatic carbocycles. The number of halogens is 1. The molecule has 0 spiro atoms. The van der Waals surface area contributed by atoms with Gasteiger partial charge in [-0.3, -0.25) is 16.3 Å². The van der Waals surface area contributed by atoms with Crippen molar-refractivity contribution in [1.82, 2.24) is 10.4 Å². The number of nitrogens with zero attached hydrogens (tertiary/aromatic N) is 1. The predicted octanol–water partition coefficient (Wildman–Crippen LogP) is 3.10. The van der Waals surface area contributed by atoms with Gasteiger partial charge in [-0.15, -0.1) is 0 Å². The van der Waals surface area contributed by atoms with Crippen LogP contribution in [0.1, 0.15) is 28.4 Å². The molecule has 3 nitrogen and oxygen atoms in total. The molecule has 0 aliphatic rings. The Balaban J connectivity index is 2.27. The van der Waals surface area contributed by atoms with Crippen LogP contribution in [0.2, 0.25) is 5.02 Å². The molecule has 0 fully saturated rings. The van der Waals surface area contributed by atoms with Gasteiger partial charge in [-0.2, -0.15) is 0 Å². The predicted molar refractivity (Wildman–Crippen MR) is 78.9 cm³/mol. The molecule has 19 heavy (non-hydrogen) atoms. The van der Waals surface area contributed by atoms with Crippen LogP contribution in [0.5, 0.6) is 0 Å². The van der Waals surface area contributed by atoms with Crippen molar-refractivity contribution in [1.29, 1.82) is 0 Å². The van der Waals surface area contributed by atoms with Gasteiger partial charge in [-0.05, 0) is 49.1 Å². The fourth-order valence-electron chi connectivity index (χ4n) is 2.14. The summed E-state index contributed by atoms with van der Waals surface area (Å²) in [5, 5.41) is 0.772. The topological polar surface area (TPSA) is 50.9 Å². The third-order valence-electron chi connectivity index (χ3n) is 3.21. The van der Waals surface area contributed by atoms with Crippen LogP contribution in [0.15, 0.2) is 36.5 Å². The van der Waals surface area contributed by atoms with Crippen LogP contribution in [-0.2, 0) is 6.42 Å². The molecule has 1 atom stereocenters. The summed E-state index contributed by atoms with van der Waals surface area (Å²) in [5.74, 6) is 5.67. The highest BCUT2D eigenvalue weighted by Gasteiger charge is 2.15. The first-order valence-electron chi connectivity index (χ1n) is 6.24. The Morgan fingerprint density at radius 1 is 1.32 bits per heavy atom. The van der Waals surface area contributed by atoms with Crippen molar-refractivity contribution in [3.05, 3.63) is 63.9 Å². The van der Waals surface area contributed by atoms with Gasteiger partial charge in [0.1, 0.15) is 0 Å². The van der Waals surface area contributed by atoms with Gasteiger partial charge in [-0.25, -0.2) is 0 Å². The molecule has 1 aromatic heterocycles. The van der Waals surface area contributed by atoms with Crippen LogP contribution in [0.3, 0.4) is 0 Å². The monoisotopic (exact) mass is 275 g/mol. The lowest BCUT2D eigenvalue weighted by Gasteiger charge is -2.18. The third-order valence-corrected chi connectivity index (χ3v) is 3.57. The Hall–Kier alpha value is -1.42. The van der Waals surface area contributed by atoms with Gasteiger partial charge < -0.3 is 0 Å². The fourth-order valence-corrected chi connectivity index (χ4v) is 2.45. The Labute approximate surface area is 118 Å². The van der Waals surface area contributed by atoms with Gasteiger partial charge >= 0.3 is 0 Å². The van der Waals surface area contributed by atoms with E-state index >= 15 is 0 Å². The number of hydrogen-bond acceptors (Lipinski definition) is 3. The van der Waals surface area contributed by atoms with Crippen molar-refractivity contribution in [2.24, 2.45) is 5.84 Å². The van der Waals surface area contributed by atoms with Crippen molar-refractivity contribution in [2.45, 2.75) is 26.3 Å². The molecule has 0 saturated carbocycles. The number of aromatic nitrogens is 1. The molecular formula is C15H18ClN3. The molecule has 1 unspecified atom stereocenters. The summed E-state index contributed by atoms with van der Waals surface area (Å²) in [6.07, 6.45) is 2.50. The maximum Gasteiger partial charge on any atom is 0.0675 e. The second-order valence-corrected chi connectivity index (χ2v) is 5.13. The van der Waals surface area contributed by atoms with E-state index in [0.29, 0.717) is 6.42 Å². The van der Waals surface area contributed by atoms with Crippen LogP contribution in [0.4, 0.5) is 0 Å². The number of pyridine rings is 1. The van der Waals surface area contributed by atoms with Crippen molar-refractivity contribution >= 4 is 11.6 Å². The molecule has 1 heterocycles. The van der Waals surface area contributed by atoms with Crippen LogP contribution < -0.4 is 11.3 Å². The zero-order chi connectivity index (χ0) is 13.8. The minimum atomic E-state index is -0.0404. The number of nitrogens with one attached hydrogen (secondary N) is 1. The first-order chi connectivity index (χ1) is 9.11. The van der Waals surface area contributed by atoms with Crippen molar-refractivity contribution < 1.29 is 0 Å². The van der Waals surface area contributed by atoms with E-state index in [0.717, 1.165) is 27.4 Å². The molecule has 2 aromatic rings. The highest BCUT2D eigenvalue weighted by Crippen LogP contribution is 2.24. The molecule has 2 rings (SSSR count). The summed E-state index contributed by atoms with van der Waals surface area (Å²) < 4.78 is 0. The number of hydrazine groups is 1. The average Bonchev–Trinajstić information content (AvgIpc) is 2.39. The van der Waals surface area contributed by atoms with E-state index in [2.05, 4.69) is 16.5 Å². The summed E-state index contributed by atoms with van der Waals surface area (Å²) >= 11 is 6.27. The van der Waals surface area contributed by atoms with Gasteiger partial charge in [0.2, 0.25) is 0 Å². The molecule has 0 amide bonds. The summed E-state index contributed by atoms with van der Waals surface area (Å²) in [6, 6.07) is 9.98. The molecular weight excluding hydrogens is 258 g/mol. The maximum atomic E-state index is 6.27. The summed E-state index contributed by atoms with van der Waals surface area (Å²) in [4.78, 5) is 4.41. The summed E-state index contributed by atoms with van der Waals surface area (Å²) in [5.41, 5.74) is 7.13. The largest absolute Gasteiger partial charge is 0.271 e. The van der Waals surface area contributed by atoms with E-state index in [1.165, 1.54) is 0 Å². The van der Waals surface area contributed by atoms with Crippen molar-refractivity contribution in [2.75, 3.05) is 0 Å². The van der Waals surface area contributed by atoms with Crippen molar-refractivity contribution in [3.63, 3.8) is 0 Å². The van der Waals surface area contributed by atoms with Gasteiger partial charge in [0.15, 0.2) is 0 Å². The Morgan fingerprint density at radius 2 is 2.11 bits per heavy atom. The minimum Gasteiger partial charge on any atom is -0.271 e. The van der Waals surface area contributed by atoms with Crippen LogP contribution in [0.25, 0.3) is 0 Å². The molecule has 100 valence electrons. The van der Waals surface area contributed by atoms with Crippen molar-refractivity contribution in [3.8, 4) is 0 Å². The number of aryl methyl sites for hydroxylation is 2. The zero-order valence-electron chi connectivity index (χ0n) is 11.2. The normalized spacial score (nSPS) is 12.4. The van der Waals surface area contributed by atoms with E-state index in [1.807, 2.05) is 38.1 Å². The van der Waals surface area contributed by atoms with E-state index in [4.69, 9.17) is 17.4 Å². The van der Waals surface area contributed by atoms with E-state index < -0.39 is 0 Å². The average molecular weight is 276 g/mol. The summed E-state index contributed by atoms with van der Waals surface area (Å²) in [7, 11) is 0. The number of rotatable bonds is 4. The number of nitrogens with two attached hydrogens (primary N) is 1. The number of hydrogen-bond donors (Lipinski definition) is 2. The molecule has 0 saturated heterocycles. The van der Waals surface area contributed by atoms with E-state index in [1.54, 1.807) is 6.20 Å². The molecule has 3 N–H and O–H groups in total. The first kappa shape index (κ1) is 14.0. The lowest BCUT2D eigenvalue weighted by atomic mass is 9.99. The second-order valence-electron chi connectivity index (χ2n) is 4.72. The Morgan fingerprint density at radius 3 is 2.74 bits per heavy atom. The maximum absolute atomic E-state index is 6.27. The quantitative estimate of drug-likeness (QED) is 0.666. The van der Waals surface area contributed by atoms with Crippen LogP contribution >= 0.6 is 11.6 Å². The molecule has 4 heteroatoms. The van der Waals surface area contributed by atoms with Crippen LogP contribution in [-0.4, -0.2) is 4.98 Å². The molecule has 0 radical (unpaired) electrons. The van der Waals surface area contributed by atoms with Gasteiger partial charge in [-0.1, -0.05) is 29.8 Å². The second kappa shape index (κ2) is 6.15. The summed E-state index contributed by atoms with van der Waals surface area (Å²) in [6.45, 7) is 4.06. The highest BCUT2D eigenvalue weighted by atomic mass is 35.5. The molecule has 0 bridgehead atoms. The SMILES string of the molecule is Cc1ccc(CC(NN)c2ncccc2C)c(Cl)c1. The Kier molecular flexibility index (Phi) is 4.53. The first-order valence-corrected chi connectivity index (χ1v) is 6.62. The van der Waals surface area contributed by atoms with E-state index in [-0.39, 0.29) is 6.04 Å². The minimum absolute atomic E-state index is 0.0404. The van der Waals surface area contributed by atoms with Gasteiger partial charge in [0, 0.05) is 11.2 Å². The third kappa shape index (κ3) is 3.32. The van der Waals surface area contributed by atoms with Crippen LogP contribution in [0, 0.1) is 13.8 Å². The lowest BCUT2D eigenvalue weighted by Crippen LogP contribution is -2.30. The standard InChI is InChI=1S/C15H18ClN3/c1-10-5-6-12(13(16)8-10)9-14(19-17)15-11(2)4-3-7-18-15/h3-8,14,19H,9,17H2,1-2H3. The highest BCUT2D eigenvalue weighted by molar-refractivity contribution is 6.31. The zero-order valence-corrected chi connectivity index (χ0v) is 11.9. The van der Waals surface area contributed by atoms with E-state index in [9.17, 15) is 0 Å². The molecule has 0 aliphatic heterocycles.